The summed E-state index contributed by atoms with van der Waals surface area (Å²) in [6.45, 7) is 3.22. The summed E-state index contributed by atoms with van der Waals surface area (Å²) < 4.78 is 28.2. The molecule has 0 radical (unpaired) electrons. The maximum absolute atomic E-state index is 12.0. The van der Waals surface area contributed by atoms with Crippen molar-refractivity contribution in [3.05, 3.63) is 0 Å². The standard InChI is InChI=1S/C26H56NO6P/c1-5-6-7-8-9-10-11-12-13-14-15-16-17-18-19-20-22-31-25-26(24-28)33-34(29,30)32-23-21-27(2,3)4/h26,28H,5-25H2,1-4H3/p+1/t26-/m1/s1. The van der Waals surface area contributed by atoms with Gasteiger partial charge in [0.05, 0.1) is 34.4 Å². The number of ether oxygens (including phenoxy) is 1. The third-order valence-electron chi connectivity index (χ3n) is 5.95. The van der Waals surface area contributed by atoms with Gasteiger partial charge in [0.25, 0.3) is 0 Å². The van der Waals surface area contributed by atoms with Gasteiger partial charge in [-0.1, -0.05) is 103 Å². The summed E-state index contributed by atoms with van der Waals surface area (Å²) in [5, 5.41) is 9.39. The minimum absolute atomic E-state index is 0.0818. The lowest BCUT2D eigenvalue weighted by Gasteiger charge is -2.24. The van der Waals surface area contributed by atoms with Gasteiger partial charge < -0.3 is 19.2 Å². The van der Waals surface area contributed by atoms with Gasteiger partial charge in [-0.2, -0.15) is 0 Å². The number of likely N-dealkylation sites (N-methyl/N-ethyl adjacent to an activating group) is 1. The number of phosphoric ester groups is 1. The highest BCUT2D eigenvalue weighted by molar-refractivity contribution is 7.47. The number of hydrogen-bond acceptors (Lipinski definition) is 5. The number of aliphatic hydroxyl groups is 1. The maximum atomic E-state index is 12.0. The Labute approximate surface area is 210 Å². The molecule has 206 valence electrons. The lowest BCUT2D eigenvalue weighted by Crippen LogP contribution is -2.37. The van der Waals surface area contributed by atoms with Crippen LogP contribution in [0, 0.1) is 0 Å². The summed E-state index contributed by atoms with van der Waals surface area (Å²) in [5.74, 6) is 0. The van der Waals surface area contributed by atoms with E-state index >= 15 is 0 Å². The van der Waals surface area contributed by atoms with Crippen LogP contribution in [0.15, 0.2) is 0 Å². The average molecular weight is 511 g/mol. The van der Waals surface area contributed by atoms with E-state index in [4.69, 9.17) is 13.8 Å². The molecule has 0 saturated carbocycles. The minimum Gasteiger partial charge on any atom is -0.394 e. The first kappa shape index (κ1) is 34.0. The van der Waals surface area contributed by atoms with Crippen molar-refractivity contribution < 1.29 is 32.8 Å². The Balaban J connectivity index is 3.49. The third kappa shape index (κ3) is 25.1. The van der Waals surface area contributed by atoms with Crippen LogP contribution in [-0.2, 0) is 18.3 Å². The summed E-state index contributed by atoms with van der Waals surface area (Å²) in [4.78, 5) is 9.80. The normalized spacial score (nSPS) is 14.9. The molecule has 8 heteroatoms. The molecule has 0 saturated heterocycles. The van der Waals surface area contributed by atoms with Gasteiger partial charge in [-0.15, -0.1) is 0 Å². The van der Waals surface area contributed by atoms with Crippen LogP contribution in [0.1, 0.15) is 110 Å². The second kappa shape index (κ2) is 22.2. The zero-order valence-electron chi connectivity index (χ0n) is 22.8. The number of hydrogen-bond donors (Lipinski definition) is 2. The maximum Gasteiger partial charge on any atom is 0.472 e. The van der Waals surface area contributed by atoms with Crippen LogP contribution in [0.3, 0.4) is 0 Å². The topological polar surface area (TPSA) is 85.2 Å². The van der Waals surface area contributed by atoms with Crippen LogP contribution in [-0.4, -0.2) is 74.7 Å². The Morgan fingerprint density at radius 3 is 1.59 bits per heavy atom. The van der Waals surface area contributed by atoms with Gasteiger partial charge in [-0.25, -0.2) is 4.57 Å². The Morgan fingerprint density at radius 1 is 0.735 bits per heavy atom. The molecule has 0 rings (SSSR count). The fraction of sp³-hybridized carbons (Fsp3) is 1.00. The molecule has 0 aliphatic rings. The van der Waals surface area contributed by atoms with Crippen molar-refractivity contribution in [1.82, 2.24) is 0 Å². The summed E-state index contributed by atoms with van der Waals surface area (Å²) in [5.41, 5.74) is 0. The van der Waals surface area contributed by atoms with Gasteiger partial charge in [0, 0.05) is 6.61 Å². The van der Waals surface area contributed by atoms with Crippen LogP contribution in [0.5, 0.6) is 0 Å². The van der Waals surface area contributed by atoms with Crippen molar-refractivity contribution in [2.45, 2.75) is 116 Å². The number of rotatable bonds is 26. The van der Waals surface area contributed by atoms with E-state index in [9.17, 15) is 14.6 Å². The predicted molar refractivity (Wildman–Crippen MR) is 141 cm³/mol. The second-order valence-electron chi connectivity index (χ2n) is 10.6. The number of aliphatic hydroxyl groups excluding tert-OH is 1. The summed E-state index contributed by atoms with van der Waals surface area (Å²) >= 11 is 0. The number of unbranched alkanes of at least 4 members (excludes halogenated alkanes) is 15. The van der Waals surface area contributed by atoms with Gasteiger partial charge in [0.15, 0.2) is 0 Å². The molecule has 7 nitrogen and oxygen atoms in total. The first-order valence-electron chi connectivity index (χ1n) is 13.8. The fourth-order valence-corrected chi connectivity index (χ4v) is 4.61. The van der Waals surface area contributed by atoms with Crippen LogP contribution < -0.4 is 0 Å². The smallest absolute Gasteiger partial charge is 0.394 e. The molecule has 0 amide bonds. The lowest BCUT2D eigenvalue weighted by molar-refractivity contribution is -0.870. The second-order valence-corrected chi connectivity index (χ2v) is 12.0. The summed E-state index contributed by atoms with van der Waals surface area (Å²) in [6.07, 6.45) is 20.3. The Morgan fingerprint density at radius 2 is 1.18 bits per heavy atom. The third-order valence-corrected chi connectivity index (χ3v) is 7.02. The van der Waals surface area contributed by atoms with E-state index in [0.717, 1.165) is 12.8 Å². The van der Waals surface area contributed by atoms with Crippen LogP contribution in [0.2, 0.25) is 0 Å². The molecule has 0 aliphatic heterocycles. The van der Waals surface area contributed by atoms with Gasteiger partial charge in [-0.05, 0) is 6.42 Å². The minimum atomic E-state index is -4.20. The molecule has 0 aromatic heterocycles. The van der Waals surface area contributed by atoms with Crippen LogP contribution >= 0.6 is 7.82 Å². The molecule has 34 heavy (non-hydrogen) atoms. The molecule has 0 spiro atoms. The molecule has 2 N–H and O–H groups in total. The van der Waals surface area contributed by atoms with Gasteiger partial charge in [0.2, 0.25) is 0 Å². The Bertz CT molecular complexity index is 486. The van der Waals surface area contributed by atoms with Crippen LogP contribution in [0.25, 0.3) is 0 Å². The van der Waals surface area contributed by atoms with Crippen molar-refractivity contribution in [3.8, 4) is 0 Å². The van der Waals surface area contributed by atoms with E-state index in [1.54, 1.807) is 0 Å². The van der Waals surface area contributed by atoms with E-state index in [1.165, 1.54) is 89.9 Å². The van der Waals surface area contributed by atoms with Crippen molar-refractivity contribution in [2.75, 3.05) is 54.1 Å². The molecule has 0 aromatic carbocycles. The van der Waals surface area contributed by atoms with Gasteiger partial charge in [-0.3, -0.25) is 9.05 Å². The molecule has 0 aromatic rings. The fourth-order valence-electron chi connectivity index (χ4n) is 3.73. The van der Waals surface area contributed by atoms with E-state index in [1.807, 2.05) is 21.1 Å². The monoisotopic (exact) mass is 510 g/mol. The molecule has 0 aliphatic carbocycles. The molecular weight excluding hydrogens is 453 g/mol. The highest BCUT2D eigenvalue weighted by Crippen LogP contribution is 2.44. The molecule has 1 unspecified atom stereocenters. The zero-order chi connectivity index (χ0) is 25.5. The summed E-state index contributed by atoms with van der Waals surface area (Å²) in [6, 6.07) is 0. The lowest BCUT2D eigenvalue weighted by atomic mass is 10.0. The van der Waals surface area contributed by atoms with Gasteiger partial charge in [0.1, 0.15) is 19.3 Å². The highest BCUT2D eigenvalue weighted by atomic mass is 31.2. The molecule has 0 heterocycles. The SMILES string of the molecule is CCCCCCCCCCCCCCCCCCOC[C@@H](CO)OP(=O)(O)OCC[N+](C)(C)C. The Kier molecular flexibility index (Phi) is 22.2. The van der Waals surface area contributed by atoms with E-state index in [0.29, 0.717) is 17.6 Å². The molecule has 0 bridgehead atoms. The number of quaternary nitrogens is 1. The van der Waals surface area contributed by atoms with Gasteiger partial charge >= 0.3 is 7.82 Å². The average Bonchev–Trinajstić information content (AvgIpc) is 2.76. The first-order valence-corrected chi connectivity index (χ1v) is 15.3. The van der Waals surface area contributed by atoms with Crippen LogP contribution in [0.4, 0.5) is 0 Å². The van der Waals surface area contributed by atoms with Crippen molar-refractivity contribution >= 4 is 7.82 Å². The molecule has 2 atom stereocenters. The predicted octanol–water partition coefficient (Wildman–Crippen LogP) is 6.47. The number of nitrogens with zero attached hydrogens (tertiary/aromatic N) is 1. The molecule has 0 fully saturated rings. The first-order chi connectivity index (χ1) is 16.2. The number of phosphoric acid groups is 1. The van der Waals surface area contributed by atoms with Crippen molar-refractivity contribution in [3.63, 3.8) is 0 Å². The molecular formula is C26H57NO6P+. The Hall–Kier alpha value is -0.0100. The van der Waals surface area contributed by atoms with E-state index in [-0.39, 0.29) is 19.8 Å². The van der Waals surface area contributed by atoms with E-state index < -0.39 is 13.9 Å². The quantitative estimate of drug-likeness (QED) is 0.0788. The highest BCUT2D eigenvalue weighted by Gasteiger charge is 2.27. The van der Waals surface area contributed by atoms with Crippen molar-refractivity contribution in [1.29, 1.82) is 0 Å². The van der Waals surface area contributed by atoms with E-state index in [2.05, 4.69) is 6.92 Å². The summed E-state index contributed by atoms with van der Waals surface area (Å²) in [7, 11) is 1.71. The largest absolute Gasteiger partial charge is 0.472 e. The van der Waals surface area contributed by atoms with Crippen molar-refractivity contribution in [2.24, 2.45) is 0 Å². The zero-order valence-corrected chi connectivity index (χ0v) is 23.7.